The Hall–Kier alpha value is -1.18. The number of carbonyl (C=O) groups excluding carboxylic acids is 1. The summed E-state index contributed by atoms with van der Waals surface area (Å²) in [4.78, 5) is 18.0. The zero-order valence-corrected chi connectivity index (χ0v) is 12.3. The van der Waals surface area contributed by atoms with E-state index in [0.717, 1.165) is 24.8 Å². The minimum Gasteiger partial charge on any atom is -0.464 e. The molecular weight excluding hydrogens is 278 g/mol. The molecule has 2 fully saturated rings. The van der Waals surface area contributed by atoms with Crippen LogP contribution in [-0.4, -0.2) is 61.3 Å². The van der Waals surface area contributed by atoms with Crippen molar-refractivity contribution < 1.29 is 14.3 Å². The molecule has 0 radical (unpaired) electrons. The molecule has 3 heterocycles. The van der Waals surface area contributed by atoms with Crippen LogP contribution in [0, 0.1) is 0 Å². The largest absolute Gasteiger partial charge is 0.464 e. The van der Waals surface area contributed by atoms with Gasteiger partial charge in [0.2, 0.25) is 0 Å². The van der Waals surface area contributed by atoms with Gasteiger partial charge >= 0.3 is 5.97 Å². The SMILES string of the molecule is COC(=O)c1csc(NCC2CN3CCCC3CO2)n1. The summed E-state index contributed by atoms with van der Waals surface area (Å²) >= 11 is 1.41. The van der Waals surface area contributed by atoms with Gasteiger partial charge in [0, 0.05) is 24.5 Å². The van der Waals surface area contributed by atoms with Crippen LogP contribution in [0.3, 0.4) is 0 Å². The van der Waals surface area contributed by atoms with Crippen LogP contribution in [0.2, 0.25) is 0 Å². The van der Waals surface area contributed by atoms with Crippen molar-refractivity contribution in [3.05, 3.63) is 11.1 Å². The molecule has 2 saturated heterocycles. The molecule has 2 atom stereocenters. The van der Waals surface area contributed by atoms with Gasteiger partial charge in [-0.1, -0.05) is 0 Å². The molecule has 3 rings (SSSR count). The van der Waals surface area contributed by atoms with Gasteiger partial charge in [0.25, 0.3) is 0 Å². The third-order valence-electron chi connectivity index (χ3n) is 3.84. The van der Waals surface area contributed by atoms with Crippen LogP contribution in [-0.2, 0) is 9.47 Å². The van der Waals surface area contributed by atoms with Crippen LogP contribution in [0.25, 0.3) is 0 Å². The average molecular weight is 297 g/mol. The molecule has 0 amide bonds. The Morgan fingerprint density at radius 3 is 3.45 bits per heavy atom. The molecular formula is C13H19N3O3S. The van der Waals surface area contributed by atoms with E-state index in [4.69, 9.17) is 4.74 Å². The van der Waals surface area contributed by atoms with E-state index < -0.39 is 5.97 Å². The van der Waals surface area contributed by atoms with E-state index in [1.807, 2.05) is 0 Å². The number of morpholine rings is 1. The van der Waals surface area contributed by atoms with Crippen molar-refractivity contribution in [2.24, 2.45) is 0 Å². The molecule has 1 aromatic heterocycles. The van der Waals surface area contributed by atoms with Gasteiger partial charge in [-0.3, -0.25) is 4.90 Å². The highest BCUT2D eigenvalue weighted by atomic mass is 32.1. The zero-order valence-electron chi connectivity index (χ0n) is 11.5. The summed E-state index contributed by atoms with van der Waals surface area (Å²) in [7, 11) is 1.36. The number of fused-ring (bicyclic) bond motifs is 1. The van der Waals surface area contributed by atoms with Crippen LogP contribution in [0.4, 0.5) is 5.13 Å². The molecule has 0 bridgehead atoms. The highest BCUT2D eigenvalue weighted by Crippen LogP contribution is 2.23. The molecule has 0 saturated carbocycles. The first-order chi connectivity index (χ1) is 9.76. The molecule has 2 unspecified atom stereocenters. The van der Waals surface area contributed by atoms with Gasteiger partial charge in [-0.15, -0.1) is 11.3 Å². The molecule has 2 aliphatic rings. The summed E-state index contributed by atoms with van der Waals surface area (Å²) in [6.07, 6.45) is 2.73. The lowest BCUT2D eigenvalue weighted by Crippen LogP contribution is -2.48. The van der Waals surface area contributed by atoms with Gasteiger partial charge < -0.3 is 14.8 Å². The fraction of sp³-hybridized carbons (Fsp3) is 0.692. The fourth-order valence-electron chi connectivity index (χ4n) is 2.76. The highest BCUT2D eigenvalue weighted by molar-refractivity contribution is 7.13. The van der Waals surface area contributed by atoms with E-state index in [-0.39, 0.29) is 6.10 Å². The van der Waals surface area contributed by atoms with Crippen molar-refractivity contribution in [2.75, 3.05) is 38.7 Å². The number of hydrogen-bond donors (Lipinski definition) is 1. The Labute approximate surface area is 122 Å². The molecule has 1 aromatic rings. The van der Waals surface area contributed by atoms with Crippen molar-refractivity contribution >= 4 is 22.4 Å². The second kappa shape index (κ2) is 6.07. The summed E-state index contributed by atoms with van der Waals surface area (Å²) in [6.45, 7) is 3.72. The smallest absolute Gasteiger partial charge is 0.357 e. The predicted octanol–water partition coefficient (Wildman–Crippen LogP) is 1.20. The number of methoxy groups -OCH3 is 1. The molecule has 0 aliphatic carbocycles. The summed E-state index contributed by atoms with van der Waals surface area (Å²) in [6, 6.07) is 0.622. The normalized spacial score (nSPS) is 26.2. The lowest BCUT2D eigenvalue weighted by atomic mass is 10.2. The van der Waals surface area contributed by atoms with Crippen molar-refractivity contribution in [3.8, 4) is 0 Å². The number of hydrogen-bond acceptors (Lipinski definition) is 7. The van der Waals surface area contributed by atoms with Crippen LogP contribution in [0.1, 0.15) is 23.3 Å². The molecule has 110 valence electrons. The van der Waals surface area contributed by atoms with E-state index >= 15 is 0 Å². The lowest BCUT2D eigenvalue weighted by Gasteiger charge is -2.35. The molecule has 1 N–H and O–H groups in total. The maximum Gasteiger partial charge on any atom is 0.357 e. The Morgan fingerprint density at radius 1 is 1.70 bits per heavy atom. The summed E-state index contributed by atoms with van der Waals surface area (Å²) < 4.78 is 10.5. The van der Waals surface area contributed by atoms with Crippen LogP contribution in [0.15, 0.2) is 5.38 Å². The van der Waals surface area contributed by atoms with Gasteiger partial charge in [-0.05, 0) is 19.4 Å². The monoisotopic (exact) mass is 297 g/mol. The Morgan fingerprint density at radius 2 is 2.60 bits per heavy atom. The number of thiazole rings is 1. The Kier molecular flexibility index (Phi) is 4.18. The van der Waals surface area contributed by atoms with E-state index in [1.54, 1.807) is 5.38 Å². The number of aromatic nitrogens is 1. The van der Waals surface area contributed by atoms with Gasteiger partial charge in [0.15, 0.2) is 10.8 Å². The second-order valence-electron chi connectivity index (χ2n) is 5.16. The van der Waals surface area contributed by atoms with E-state index in [0.29, 0.717) is 11.7 Å². The number of esters is 1. The number of nitrogens with one attached hydrogen (secondary N) is 1. The number of rotatable bonds is 4. The number of nitrogens with zero attached hydrogens (tertiary/aromatic N) is 2. The van der Waals surface area contributed by atoms with Gasteiger partial charge in [-0.2, -0.15) is 0 Å². The predicted molar refractivity (Wildman–Crippen MR) is 76.3 cm³/mol. The molecule has 0 aromatic carbocycles. The maximum absolute atomic E-state index is 11.3. The maximum atomic E-state index is 11.3. The first-order valence-electron chi connectivity index (χ1n) is 6.89. The van der Waals surface area contributed by atoms with Gasteiger partial charge in [0.05, 0.1) is 19.8 Å². The van der Waals surface area contributed by atoms with Crippen molar-refractivity contribution in [1.29, 1.82) is 0 Å². The second-order valence-corrected chi connectivity index (χ2v) is 6.01. The van der Waals surface area contributed by atoms with E-state index in [9.17, 15) is 4.79 Å². The number of carbonyl (C=O) groups is 1. The number of anilines is 1. The lowest BCUT2D eigenvalue weighted by molar-refractivity contribution is -0.0415. The molecule has 6 nitrogen and oxygen atoms in total. The van der Waals surface area contributed by atoms with Crippen LogP contribution in [0.5, 0.6) is 0 Å². The molecule has 0 spiro atoms. The molecule has 2 aliphatic heterocycles. The van der Waals surface area contributed by atoms with Gasteiger partial charge in [-0.25, -0.2) is 9.78 Å². The van der Waals surface area contributed by atoms with E-state index in [2.05, 4.69) is 19.9 Å². The Bertz CT molecular complexity index is 479. The summed E-state index contributed by atoms with van der Waals surface area (Å²) in [5.41, 5.74) is 0.351. The number of ether oxygens (including phenoxy) is 2. The standard InChI is InChI=1S/C13H19N3O3S/c1-18-12(17)11-8-20-13(15-11)14-5-10-6-16-4-2-3-9(16)7-19-10/h8-10H,2-7H2,1H3,(H,14,15). The fourth-order valence-corrected chi connectivity index (χ4v) is 3.45. The van der Waals surface area contributed by atoms with Crippen LogP contribution < -0.4 is 5.32 Å². The summed E-state index contributed by atoms with van der Waals surface area (Å²) in [5.74, 6) is -0.400. The molecule has 7 heteroatoms. The summed E-state index contributed by atoms with van der Waals surface area (Å²) in [5, 5.41) is 5.68. The van der Waals surface area contributed by atoms with Crippen molar-refractivity contribution in [1.82, 2.24) is 9.88 Å². The third-order valence-corrected chi connectivity index (χ3v) is 4.64. The minimum absolute atomic E-state index is 0.190. The first kappa shape index (κ1) is 13.8. The quantitative estimate of drug-likeness (QED) is 0.843. The Balaban J connectivity index is 1.49. The minimum atomic E-state index is -0.400. The highest BCUT2D eigenvalue weighted by Gasteiger charge is 2.32. The zero-order chi connectivity index (χ0) is 13.9. The van der Waals surface area contributed by atoms with Crippen molar-refractivity contribution in [2.45, 2.75) is 25.0 Å². The third kappa shape index (κ3) is 2.94. The van der Waals surface area contributed by atoms with Crippen LogP contribution >= 0.6 is 11.3 Å². The van der Waals surface area contributed by atoms with Crippen molar-refractivity contribution in [3.63, 3.8) is 0 Å². The first-order valence-corrected chi connectivity index (χ1v) is 7.77. The van der Waals surface area contributed by atoms with E-state index in [1.165, 1.54) is 37.8 Å². The average Bonchev–Trinajstić information content (AvgIpc) is 3.12. The molecule has 20 heavy (non-hydrogen) atoms. The topological polar surface area (TPSA) is 63.7 Å². The van der Waals surface area contributed by atoms with Gasteiger partial charge in [0.1, 0.15) is 0 Å².